The Morgan fingerprint density at radius 1 is 0.571 bits per heavy atom. The van der Waals surface area contributed by atoms with Crippen molar-refractivity contribution in [3.05, 3.63) is 138 Å². The molecule has 42 heavy (non-hydrogen) atoms. The van der Waals surface area contributed by atoms with Crippen LogP contribution in [0, 0.1) is 0 Å². The van der Waals surface area contributed by atoms with Crippen molar-refractivity contribution < 1.29 is 38.4 Å². The number of hydrogen-bond acceptors (Lipinski definition) is 9. The molecule has 1 saturated heterocycles. The lowest BCUT2D eigenvalue weighted by molar-refractivity contribution is -0.207. The molecule has 1 aliphatic heterocycles. The SMILES string of the molecule is O=C(OC1C(CO)OC(Sc2ccccc2)C(OC(=O)c2ccccc2)C1OC(=O)c1ccccc1)c1ccccc1. The van der Waals surface area contributed by atoms with Crippen LogP contribution in [0.3, 0.4) is 0 Å². The fourth-order valence-electron chi connectivity index (χ4n) is 4.45. The number of thioether (sulfide) groups is 1. The van der Waals surface area contributed by atoms with Crippen LogP contribution >= 0.6 is 11.8 Å². The number of esters is 3. The number of carbonyl (C=O) groups is 3. The first-order valence-corrected chi connectivity index (χ1v) is 14.2. The molecular formula is C33H28O8S. The molecule has 1 fully saturated rings. The summed E-state index contributed by atoms with van der Waals surface area (Å²) in [7, 11) is 0. The summed E-state index contributed by atoms with van der Waals surface area (Å²) in [6, 6.07) is 34.2. The molecule has 214 valence electrons. The third-order valence-electron chi connectivity index (χ3n) is 6.52. The van der Waals surface area contributed by atoms with Crippen LogP contribution in [0.5, 0.6) is 0 Å². The van der Waals surface area contributed by atoms with Crippen molar-refractivity contribution in [1.82, 2.24) is 0 Å². The Bertz CT molecular complexity index is 1470. The van der Waals surface area contributed by atoms with E-state index in [0.29, 0.717) is 0 Å². The van der Waals surface area contributed by atoms with Gasteiger partial charge in [-0.1, -0.05) is 84.6 Å². The van der Waals surface area contributed by atoms with Crippen molar-refractivity contribution in [3.8, 4) is 0 Å². The molecule has 0 spiro atoms. The van der Waals surface area contributed by atoms with E-state index in [1.807, 2.05) is 30.3 Å². The molecule has 5 atom stereocenters. The molecule has 4 aromatic carbocycles. The third kappa shape index (κ3) is 7.06. The van der Waals surface area contributed by atoms with E-state index in [9.17, 15) is 19.5 Å². The van der Waals surface area contributed by atoms with E-state index in [0.717, 1.165) is 4.90 Å². The third-order valence-corrected chi connectivity index (χ3v) is 7.68. The van der Waals surface area contributed by atoms with E-state index >= 15 is 0 Å². The van der Waals surface area contributed by atoms with Crippen LogP contribution in [-0.4, -0.2) is 59.5 Å². The molecular weight excluding hydrogens is 556 g/mol. The van der Waals surface area contributed by atoms with E-state index in [-0.39, 0.29) is 16.7 Å². The van der Waals surface area contributed by atoms with Gasteiger partial charge in [-0.3, -0.25) is 0 Å². The molecule has 5 rings (SSSR count). The Balaban J connectivity index is 1.54. The molecule has 1 aliphatic rings. The lowest BCUT2D eigenvalue weighted by atomic mass is 9.98. The van der Waals surface area contributed by atoms with Crippen LogP contribution in [-0.2, 0) is 18.9 Å². The van der Waals surface area contributed by atoms with E-state index in [4.69, 9.17) is 18.9 Å². The zero-order valence-corrected chi connectivity index (χ0v) is 23.2. The van der Waals surface area contributed by atoms with Crippen molar-refractivity contribution in [2.45, 2.75) is 34.7 Å². The Kier molecular flexibility index (Phi) is 9.66. The van der Waals surface area contributed by atoms with Crippen LogP contribution in [0.2, 0.25) is 0 Å². The highest BCUT2D eigenvalue weighted by atomic mass is 32.2. The lowest BCUT2D eigenvalue weighted by Gasteiger charge is -2.44. The average Bonchev–Trinajstić information content (AvgIpc) is 3.05. The van der Waals surface area contributed by atoms with E-state index in [2.05, 4.69) is 0 Å². The number of benzene rings is 4. The Labute approximate surface area is 247 Å². The minimum atomic E-state index is -1.33. The number of aliphatic hydroxyl groups excluding tert-OH is 1. The van der Waals surface area contributed by atoms with Gasteiger partial charge in [0.05, 0.1) is 23.3 Å². The second-order valence-electron chi connectivity index (χ2n) is 9.36. The van der Waals surface area contributed by atoms with Crippen LogP contribution in [0.15, 0.2) is 126 Å². The van der Waals surface area contributed by atoms with Crippen molar-refractivity contribution in [2.75, 3.05) is 6.61 Å². The fraction of sp³-hybridized carbons (Fsp3) is 0.182. The van der Waals surface area contributed by atoms with Gasteiger partial charge in [-0.15, -0.1) is 0 Å². The van der Waals surface area contributed by atoms with E-state index < -0.39 is 54.4 Å². The highest BCUT2D eigenvalue weighted by Crippen LogP contribution is 2.38. The van der Waals surface area contributed by atoms with Crippen molar-refractivity contribution in [2.24, 2.45) is 0 Å². The van der Waals surface area contributed by atoms with Gasteiger partial charge in [0.2, 0.25) is 0 Å². The number of carbonyl (C=O) groups excluding carboxylic acids is 3. The van der Waals surface area contributed by atoms with Crippen LogP contribution in [0.4, 0.5) is 0 Å². The zero-order chi connectivity index (χ0) is 29.3. The van der Waals surface area contributed by atoms with Crippen LogP contribution < -0.4 is 0 Å². The molecule has 1 heterocycles. The predicted molar refractivity (Wildman–Crippen MR) is 155 cm³/mol. The zero-order valence-electron chi connectivity index (χ0n) is 22.4. The molecule has 9 heteroatoms. The average molecular weight is 585 g/mol. The van der Waals surface area contributed by atoms with E-state index in [1.165, 1.54) is 11.8 Å². The van der Waals surface area contributed by atoms with Gasteiger partial charge in [0.15, 0.2) is 18.3 Å². The summed E-state index contributed by atoms with van der Waals surface area (Å²) < 4.78 is 24.0. The Morgan fingerprint density at radius 3 is 1.38 bits per heavy atom. The lowest BCUT2D eigenvalue weighted by Crippen LogP contribution is -2.61. The first-order valence-electron chi connectivity index (χ1n) is 13.3. The number of aliphatic hydroxyl groups is 1. The minimum absolute atomic E-state index is 0.248. The van der Waals surface area contributed by atoms with Crippen molar-refractivity contribution in [1.29, 1.82) is 0 Å². The Morgan fingerprint density at radius 2 is 0.952 bits per heavy atom. The Hall–Kier alpha value is -4.44. The number of hydrogen-bond donors (Lipinski definition) is 1. The second kappa shape index (κ2) is 14.0. The monoisotopic (exact) mass is 584 g/mol. The molecule has 0 saturated carbocycles. The minimum Gasteiger partial charge on any atom is -0.452 e. The molecule has 0 bridgehead atoms. The molecule has 0 amide bonds. The van der Waals surface area contributed by atoms with Gasteiger partial charge in [0.1, 0.15) is 11.5 Å². The quantitative estimate of drug-likeness (QED) is 0.210. The normalized spacial score (nSPS) is 21.6. The summed E-state index contributed by atoms with van der Waals surface area (Å²) in [6.45, 7) is -0.558. The maximum absolute atomic E-state index is 13.4. The molecule has 8 nitrogen and oxygen atoms in total. The van der Waals surface area contributed by atoms with Gasteiger partial charge in [-0.2, -0.15) is 0 Å². The summed E-state index contributed by atoms with van der Waals surface area (Å²) in [5, 5.41) is 10.4. The van der Waals surface area contributed by atoms with Crippen molar-refractivity contribution >= 4 is 29.7 Å². The summed E-state index contributed by atoms with van der Waals surface area (Å²) in [5.74, 6) is -2.12. The van der Waals surface area contributed by atoms with Gasteiger partial charge >= 0.3 is 17.9 Å². The molecule has 1 N–H and O–H groups in total. The summed E-state index contributed by atoms with van der Waals surface area (Å²) in [6.07, 6.45) is -4.97. The van der Waals surface area contributed by atoms with Gasteiger partial charge < -0.3 is 24.1 Å². The van der Waals surface area contributed by atoms with E-state index in [1.54, 1.807) is 91.0 Å². The molecule has 0 aromatic heterocycles. The van der Waals surface area contributed by atoms with Crippen LogP contribution in [0.1, 0.15) is 31.1 Å². The first kappa shape index (κ1) is 29.1. The smallest absolute Gasteiger partial charge is 0.338 e. The number of ether oxygens (including phenoxy) is 4. The molecule has 0 aliphatic carbocycles. The fourth-order valence-corrected chi connectivity index (χ4v) is 5.58. The number of rotatable bonds is 9. The van der Waals surface area contributed by atoms with Crippen LogP contribution in [0.25, 0.3) is 0 Å². The maximum Gasteiger partial charge on any atom is 0.338 e. The first-order chi connectivity index (χ1) is 20.5. The predicted octanol–water partition coefficient (Wildman–Crippen LogP) is 5.17. The van der Waals surface area contributed by atoms with Gasteiger partial charge in [0.25, 0.3) is 0 Å². The molecule has 0 radical (unpaired) electrons. The van der Waals surface area contributed by atoms with Gasteiger partial charge in [-0.25, -0.2) is 14.4 Å². The van der Waals surface area contributed by atoms with Gasteiger partial charge in [0, 0.05) is 4.90 Å². The van der Waals surface area contributed by atoms with Crippen molar-refractivity contribution in [3.63, 3.8) is 0 Å². The topological polar surface area (TPSA) is 108 Å². The molecule has 4 aromatic rings. The highest BCUT2D eigenvalue weighted by molar-refractivity contribution is 7.99. The molecule has 5 unspecified atom stereocenters. The summed E-state index contributed by atoms with van der Waals surface area (Å²) in [5.41, 5.74) is -0.160. The van der Waals surface area contributed by atoms with Gasteiger partial charge in [-0.05, 0) is 48.5 Å². The summed E-state index contributed by atoms with van der Waals surface area (Å²) in [4.78, 5) is 40.7. The summed E-state index contributed by atoms with van der Waals surface area (Å²) >= 11 is 1.23. The maximum atomic E-state index is 13.4. The highest BCUT2D eigenvalue weighted by Gasteiger charge is 2.52. The largest absolute Gasteiger partial charge is 0.452 e. The standard InChI is InChI=1S/C33H28O8S/c34-21-26-27(39-30(35)22-13-5-1-6-14-22)28(40-31(36)23-15-7-2-8-16-23)29(41-32(37)24-17-9-3-10-18-24)33(38-26)42-25-19-11-4-12-20-25/h1-20,26-29,33-34H,21H2. The second-order valence-corrected chi connectivity index (χ2v) is 10.5.